The molecule has 0 aliphatic heterocycles. The zero-order valence-electron chi connectivity index (χ0n) is 4.97. The maximum atomic E-state index is 12.3. The van der Waals surface area contributed by atoms with Crippen LogP contribution in [0.15, 0.2) is 0 Å². The van der Waals surface area contributed by atoms with Gasteiger partial charge in [-0.25, -0.2) is 4.39 Å². The van der Waals surface area contributed by atoms with Gasteiger partial charge in [-0.3, -0.25) is 0 Å². The van der Waals surface area contributed by atoms with Crippen molar-refractivity contribution < 1.29 is 9.50 Å². The van der Waals surface area contributed by atoms with E-state index >= 15 is 0 Å². The van der Waals surface area contributed by atoms with E-state index in [0.717, 1.165) is 0 Å². The summed E-state index contributed by atoms with van der Waals surface area (Å²) in [6.07, 6.45) is -0.447. The van der Waals surface area contributed by atoms with Gasteiger partial charge in [0.25, 0.3) is 0 Å². The zero-order chi connectivity index (χ0) is 6.15. The van der Waals surface area contributed by atoms with Crippen molar-refractivity contribution in [3.8, 4) is 0 Å². The Kier molecular flexibility index (Phi) is 1.52. The topological polar surface area (TPSA) is 20.2 Å². The van der Waals surface area contributed by atoms with Crippen molar-refractivity contribution in [2.24, 2.45) is 5.92 Å². The minimum atomic E-state index is -0.954. The first kappa shape index (κ1) is 6.02. The Bertz CT molecular complexity index is 74.6. The summed E-state index contributed by atoms with van der Waals surface area (Å²) in [5.74, 6) is 0.375. The number of aliphatic hydroxyl groups is 1. The summed E-state index contributed by atoms with van der Waals surface area (Å²) < 4.78 is 12.3. The number of aliphatic hydroxyl groups excluding tert-OH is 1. The third-order valence-corrected chi connectivity index (χ3v) is 1.69. The lowest BCUT2D eigenvalue weighted by molar-refractivity contribution is 0.103. The molecule has 48 valence electrons. The molecule has 1 rings (SSSR count). The highest BCUT2D eigenvalue weighted by Gasteiger charge is 2.29. The molecule has 0 saturated heterocycles. The first-order valence-corrected chi connectivity index (χ1v) is 3.02. The monoisotopic (exact) mass is 118 g/mol. The molecule has 0 aromatic rings. The number of halogens is 1. The standard InChI is InChI=1S/C6H11FO/c1-4-2-5(7)6(8)3-4/h4-6,8H,2-3H2,1H3. The molecule has 2 heteroatoms. The molecule has 0 spiro atoms. The van der Waals surface area contributed by atoms with Crippen LogP contribution in [-0.4, -0.2) is 17.4 Å². The number of hydrogen-bond acceptors (Lipinski definition) is 1. The predicted octanol–water partition coefficient (Wildman–Crippen LogP) is 1.12. The minimum absolute atomic E-state index is 0.375. The highest BCUT2D eigenvalue weighted by atomic mass is 19.1. The molecule has 0 aromatic carbocycles. The van der Waals surface area contributed by atoms with Gasteiger partial charge in [0.2, 0.25) is 0 Å². The van der Waals surface area contributed by atoms with E-state index in [4.69, 9.17) is 5.11 Å². The van der Waals surface area contributed by atoms with Crippen LogP contribution in [0.1, 0.15) is 19.8 Å². The molecule has 3 atom stereocenters. The summed E-state index contributed by atoms with van der Waals surface area (Å²) in [7, 11) is 0. The summed E-state index contributed by atoms with van der Waals surface area (Å²) in [6, 6.07) is 0. The Morgan fingerprint density at radius 2 is 2.12 bits per heavy atom. The summed E-state index contributed by atoms with van der Waals surface area (Å²) in [6.45, 7) is 1.96. The average molecular weight is 118 g/mol. The Morgan fingerprint density at radius 3 is 2.25 bits per heavy atom. The quantitative estimate of drug-likeness (QED) is 0.505. The smallest absolute Gasteiger partial charge is 0.126 e. The van der Waals surface area contributed by atoms with Crippen molar-refractivity contribution in [1.29, 1.82) is 0 Å². The highest BCUT2D eigenvalue weighted by molar-refractivity contribution is 4.80. The molecular formula is C6H11FO. The lowest BCUT2D eigenvalue weighted by Gasteiger charge is -2.00. The normalized spacial score (nSPS) is 47.6. The molecule has 3 unspecified atom stereocenters. The van der Waals surface area contributed by atoms with E-state index in [1.54, 1.807) is 0 Å². The third kappa shape index (κ3) is 0.996. The maximum absolute atomic E-state index is 12.3. The fourth-order valence-corrected chi connectivity index (χ4v) is 1.20. The molecule has 1 aliphatic carbocycles. The molecular weight excluding hydrogens is 107 g/mol. The Balaban J connectivity index is 2.39. The van der Waals surface area contributed by atoms with Gasteiger partial charge in [-0.15, -0.1) is 0 Å². The summed E-state index contributed by atoms with van der Waals surface area (Å²) in [5, 5.41) is 8.79. The minimum Gasteiger partial charge on any atom is -0.390 e. The molecule has 1 N–H and O–H groups in total. The van der Waals surface area contributed by atoms with Crippen molar-refractivity contribution in [2.75, 3.05) is 0 Å². The van der Waals surface area contributed by atoms with Crippen LogP contribution in [0.3, 0.4) is 0 Å². The third-order valence-electron chi connectivity index (χ3n) is 1.69. The van der Waals surface area contributed by atoms with Crippen molar-refractivity contribution >= 4 is 0 Å². The molecule has 0 heterocycles. The lowest BCUT2D eigenvalue weighted by Crippen LogP contribution is -2.12. The summed E-state index contributed by atoms with van der Waals surface area (Å²) >= 11 is 0. The molecule has 1 aliphatic rings. The van der Waals surface area contributed by atoms with Gasteiger partial charge in [-0.2, -0.15) is 0 Å². The molecule has 1 saturated carbocycles. The van der Waals surface area contributed by atoms with Gasteiger partial charge in [0.05, 0.1) is 6.10 Å². The van der Waals surface area contributed by atoms with Crippen LogP contribution >= 0.6 is 0 Å². The van der Waals surface area contributed by atoms with Crippen molar-refractivity contribution in [1.82, 2.24) is 0 Å². The first-order valence-electron chi connectivity index (χ1n) is 3.02. The van der Waals surface area contributed by atoms with Crippen molar-refractivity contribution in [2.45, 2.75) is 32.0 Å². The highest BCUT2D eigenvalue weighted by Crippen LogP contribution is 2.27. The van der Waals surface area contributed by atoms with Gasteiger partial charge in [0, 0.05) is 0 Å². The second-order valence-corrected chi connectivity index (χ2v) is 2.66. The van der Waals surface area contributed by atoms with Gasteiger partial charge < -0.3 is 5.11 Å². The number of rotatable bonds is 0. The molecule has 0 amide bonds. The van der Waals surface area contributed by atoms with Crippen LogP contribution in [0.25, 0.3) is 0 Å². The zero-order valence-corrected chi connectivity index (χ0v) is 4.97. The van der Waals surface area contributed by atoms with E-state index in [-0.39, 0.29) is 0 Å². The van der Waals surface area contributed by atoms with Crippen LogP contribution in [-0.2, 0) is 0 Å². The van der Waals surface area contributed by atoms with E-state index in [9.17, 15) is 4.39 Å². The maximum Gasteiger partial charge on any atom is 0.126 e. The van der Waals surface area contributed by atoms with Gasteiger partial charge >= 0.3 is 0 Å². The van der Waals surface area contributed by atoms with Gasteiger partial charge in [-0.1, -0.05) is 6.92 Å². The van der Waals surface area contributed by atoms with Crippen LogP contribution in [0.4, 0.5) is 4.39 Å². The van der Waals surface area contributed by atoms with E-state index < -0.39 is 12.3 Å². The molecule has 0 bridgehead atoms. The second kappa shape index (κ2) is 2.02. The van der Waals surface area contributed by atoms with E-state index in [1.165, 1.54) is 0 Å². The summed E-state index contributed by atoms with van der Waals surface area (Å²) in [5.41, 5.74) is 0. The van der Waals surface area contributed by atoms with Crippen LogP contribution in [0.5, 0.6) is 0 Å². The van der Waals surface area contributed by atoms with Crippen molar-refractivity contribution in [3.63, 3.8) is 0 Å². The van der Waals surface area contributed by atoms with Crippen LogP contribution in [0, 0.1) is 5.92 Å². The fraction of sp³-hybridized carbons (Fsp3) is 1.00. The Labute approximate surface area is 48.5 Å². The SMILES string of the molecule is CC1CC(O)C(F)C1. The lowest BCUT2D eigenvalue weighted by atomic mass is 10.1. The second-order valence-electron chi connectivity index (χ2n) is 2.66. The largest absolute Gasteiger partial charge is 0.390 e. The van der Waals surface area contributed by atoms with E-state index in [0.29, 0.717) is 18.8 Å². The molecule has 8 heavy (non-hydrogen) atoms. The van der Waals surface area contributed by atoms with Crippen molar-refractivity contribution in [3.05, 3.63) is 0 Å². The number of hydrogen-bond donors (Lipinski definition) is 1. The molecule has 0 radical (unpaired) electrons. The molecule has 0 aromatic heterocycles. The molecule has 1 nitrogen and oxygen atoms in total. The van der Waals surface area contributed by atoms with Gasteiger partial charge in [0.15, 0.2) is 0 Å². The van der Waals surface area contributed by atoms with Crippen LogP contribution < -0.4 is 0 Å². The molecule has 1 fully saturated rings. The Hall–Kier alpha value is -0.110. The summed E-state index contributed by atoms with van der Waals surface area (Å²) in [4.78, 5) is 0. The van der Waals surface area contributed by atoms with E-state index in [2.05, 4.69) is 0 Å². The Morgan fingerprint density at radius 1 is 1.50 bits per heavy atom. The number of alkyl halides is 1. The van der Waals surface area contributed by atoms with Gasteiger partial charge in [-0.05, 0) is 18.8 Å². The fourth-order valence-electron chi connectivity index (χ4n) is 1.20. The van der Waals surface area contributed by atoms with Gasteiger partial charge in [0.1, 0.15) is 6.17 Å². The van der Waals surface area contributed by atoms with Crippen LogP contribution in [0.2, 0.25) is 0 Å². The van der Waals surface area contributed by atoms with E-state index in [1.807, 2.05) is 6.92 Å². The first-order chi connectivity index (χ1) is 3.70. The predicted molar refractivity (Wildman–Crippen MR) is 29.3 cm³/mol. The average Bonchev–Trinajstić information content (AvgIpc) is 1.85.